The molecule has 5 nitrogen and oxygen atoms in total. The minimum atomic E-state index is -2.98. The first-order valence-corrected chi connectivity index (χ1v) is 5.41. The van der Waals surface area contributed by atoms with Crippen LogP contribution in [0.25, 0.3) is 0 Å². The van der Waals surface area contributed by atoms with Crippen molar-refractivity contribution in [3.63, 3.8) is 0 Å². The van der Waals surface area contributed by atoms with Crippen LogP contribution >= 0.6 is 0 Å². The number of hydrogen-bond acceptors (Lipinski definition) is 5. The van der Waals surface area contributed by atoms with Crippen LogP contribution in [-0.4, -0.2) is 33.8 Å². The van der Waals surface area contributed by atoms with Gasteiger partial charge < -0.3 is 19.5 Å². The average molecular weight is 275 g/mol. The summed E-state index contributed by atoms with van der Waals surface area (Å²) in [6, 6.07) is 3.55. The molecule has 0 amide bonds. The fourth-order valence-electron chi connectivity index (χ4n) is 1.60. The van der Waals surface area contributed by atoms with Crippen molar-refractivity contribution >= 4 is 5.97 Å². The second-order valence-electron chi connectivity index (χ2n) is 3.53. The van der Waals surface area contributed by atoms with Crippen molar-refractivity contribution in [3.8, 4) is 11.5 Å². The zero-order valence-electron chi connectivity index (χ0n) is 10.8. The summed E-state index contributed by atoms with van der Waals surface area (Å²) in [6.07, 6.45) is 0. The Bertz CT molecular complexity index is 440. The quantitative estimate of drug-likeness (QED) is 0.801. The van der Waals surface area contributed by atoms with Gasteiger partial charge in [0.2, 0.25) is 0 Å². The summed E-state index contributed by atoms with van der Waals surface area (Å²) in [6.45, 7) is -2.98. The van der Waals surface area contributed by atoms with E-state index in [0.29, 0.717) is 5.56 Å². The van der Waals surface area contributed by atoms with E-state index in [-0.39, 0.29) is 11.5 Å². The van der Waals surface area contributed by atoms with E-state index in [1.54, 1.807) is 13.1 Å². The number of ether oxygens (including phenoxy) is 3. The number of halogens is 2. The highest BCUT2D eigenvalue weighted by atomic mass is 19.3. The molecule has 0 aliphatic rings. The third kappa shape index (κ3) is 3.78. The highest BCUT2D eigenvalue weighted by molar-refractivity contribution is 5.77. The summed E-state index contributed by atoms with van der Waals surface area (Å²) in [5.41, 5.74) is 0.436. The Labute approximate surface area is 109 Å². The molecule has 1 aromatic carbocycles. The Hall–Kier alpha value is -1.89. The normalized spacial score (nSPS) is 12.1. The lowest BCUT2D eigenvalue weighted by atomic mass is 10.1. The molecule has 0 spiro atoms. The van der Waals surface area contributed by atoms with Crippen molar-refractivity contribution < 1.29 is 27.8 Å². The molecule has 1 rings (SSSR count). The molecule has 0 aromatic heterocycles. The van der Waals surface area contributed by atoms with Crippen molar-refractivity contribution in [3.05, 3.63) is 23.8 Å². The summed E-state index contributed by atoms with van der Waals surface area (Å²) in [4.78, 5) is 11.5. The van der Waals surface area contributed by atoms with Gasteiger partial charge in [-0.1, -0.05) is 6.07 Å². The van der Waals surface area contributed by atoms with E-state index >= 15 is 0 Å². The Morgan fingerprint density at radius 3 is 2.42 bits per heavy atom. The van der Waals surface area contributed by atoms with Crippen molar-refractivity contribution in [2.24, 2.45) is 0 Å². The molecule has 0 aliphatic carbocycles. The summed E-state index contributed by atoms with van der Waals surface area (Å²) >= 11 is 0. The van der Waals surface area contributed by atoms with Gasteiger partial charge in [-0.25, -0.2) is 4.79 Å². The number of rotatable bonds is 6. The maximum atomic E-state index is 12.3. The number of alkyl halides is 2. The third-order valence-electron chi connectivity index (χ3n) is 2.46. The molecule has 19 heavy (non-hydrogen) atoms. The monoisotopic (exact) mass is 275 g/mol. The van der Waals surface area contributed by atoms with Crippen LogP contribution in [0.15, 0.2) is 18.2 Å². The van der Waals surface area contributed by atoms with Gasteiger partial charge in [-0.05, 0) is 24.7 Å². The van der Waals surface area contributed by atoms with Crippen molar-refractivity contribution in [2.45, 2.75) is 12.7 Å². The smallest absolute Gasteiger partial charge is 0.387 e. The van der Waals surface area contributed by atoms with E-state index in [1.165, 1.54) is 26.4 Å². The van der Waals surface area contributed by atoms with Crippen LogP contribution in [0, 0.1) is 0 Å². The standard InChI is InChI=1S/C12H15F2NO4/c1-15-10(11(16)18-3)7-4-5-8(17-2)9(6-7)19-12(13)14/h4-6,10,12,15H,1-3H3. The molecule has 0 fully saturated rings. The predicted molar refractivity (Wildman–Crippen MR) is 63.4 cm³/mol. The van der Waals surface area contributed by atoms with E-state index in [2.05, 4.69) is 14.8 Å². The lowest BCUT2D eigenvalue weighted by Crippen LogP contribution is -2.26. The van der Waals surface area contributed by atoms with Crippen LogP contribution in [-0.2, 0) is 9.53 Å². The number of hydrogen-bond donors (Lipinski definition) is 1. The van der Waals surface area contributed by atoms with E-state index in [4.69, 9.17) is 4.74 Å². The summed E-state index contributed by atoms with van der Waals surface area (Å²) in [5, 5.41) is 2.73. The Kier molecular flexibility index (Phi) is 5.50. The second-order valence-corrected chi connectivity index (χ2v) is 3.53. The molecular weight excluding hydrogens is 260 g/mol. The maximum Gasteiger partial charge on any atom is 0.387 e. The Morgan fingerprint density at radius 2 is 1.95 bits per heavy atom. The van der Waals surface area contributed by atoms with Crippen LogP contribution in [0.4, 0.5) is 8.78 Å². The first kappa shape index (κ1) is 15.2. The van der Waals surface area contributed by atoms with E-state index in [9.17, 15) is 13.6 Å². The van der Waals surface area contributed by atoms with Gasteiger partial charge in [0.25, 0.3) is 0 Å². The number of nitrogens with one attached hydrogen (secondary N) is 1. The zero-order chi connectivity index (χ0) is 14.4. The third-order valence-corrected chi connectivity index (χ3v) is 2.46. The van der Waals surface area contributed by atoms with Gasteiger partial charge in [0, 0.05) is 0 Å². The number of likely N-dealkylation sites (N-methyl/N-ethyl adjacent to an activating group) is 1. The molecule has 1 aromatic rings. The Balaban J connectivity index is 3.11. The van der Waals surface area contributed by atoms with E-state index in [0.717, 1.165) is 0 Å². The molecule has 1 unspecified atom stereocenters. The van der Waals surface area contributed by atoms with Crippen molar-refractivity contribution in [1.29, 1.82) is 0 Å². The molecule has 0 saturated heterocycles. The SMILES string of the molecule is CNC(C(=O)OC)c1ccc(OC)c(OC(F)F)c1. The Morgan fingerprint density at radius 1 is 1.26 bits per heavy atom. The lowest BCUT2D eigenvalue weighted by Gasteiger charge is -2.16. The number of esters is 1. The first-order valence-electron chi connectivity index (χ1n) is 5.41. The molecule has 1 N–H and O–H groups in total. The fraction of sp³-hybridized carbons (Fsp3) is 0.417. The average Bonchev–Trinajstić information content (AvgIpc) is 2.39. The highest BCUT2D eigenvalue weighted by Crippen LogP contribution is 2.31. The number of benzene rings is 1. The van der Waals surface area contributed by atoms with Crippen molar-refractivity contribution in [2.75, 3.05) is 21.3 Å². The van der Waals surface area contributed by atoms with Crippen LogP contribution in [0.1, 0.15) is 11.6 Å². The van der Waals surface area contributed by atoms with Gasteiger partial charge in [0.05, 0.1) is 14.2 Å². The van der Waals surface area contributed by atoms with Gasteiger partial charge in [-0.3, -0.25) is 0 Å². The first-order chi connectivity index (χ1) is 9.03. The minimum Gasteiger partial charge on any atom is -0.493 e. The predicted octanol–water partition coefficient (Wildman–Crippen LogP) is 1.73. The topological polar surface area (TPSA) is 56.8 Å². The number of methoxy groups -OCH3 is 2. The maximum absolute atomic E-state index is 12.3. The molecule has 0 heterocycles. The zero-order valence-corrected chi connectivity index (χ0v) is 10.8. The van der Waals surface area contributed by atoms with E-state index < -0.39 is 18.6 Å². The molecule has 106 valence electrons. The molecule has 0 saturated carbocycles. The summed E-state index contributed by atoms with van der Waals surface area (Å²) < 4.78 is 38.4. The van der Waals surface area contributed by atoms with E-state index in [1.807, 2.05) is 0 Å². The van der Waals surface area contributed by atoms with Crippen LogP contribution in [0.3, 0.4) is 0 Å². The van der Waals surface area contributed by atoms with Crippen molar-refractivity contribution in [1.82, 2.24) is 5.32 Å². The highest BCUT2D eigenvalue weighted by Gasteiger charge is 2.21. The molecule has 7 heteroatoms. The second kappa shape index (κ2) is 6.89. The lowest BCUT2D eigenvalue weighted by molar-refractivity contribution is -0.143. The summed E-state index contributed by atoms with van der Waals surface area (Å²) in [5.74, 6) is -0.515. The fourth-order valence-corrected chi connectivity index (χ4v) is 1.60. The van der Waals surface area contributed by atoms with Gasteiger partial charge in [-0.15, -0.1) is 0 Å². The number of carbonyl (C=O) groups is 1. The van der Waals surface area contributed by atoms with Gasteiger partial charge in [-0.2, -0.15) is 8.78 Å². The molecule has 1 atom stereocenters. The van der Waals surface area contributed by atoms with Gasteiger partial charge in [0.15, 0.2) is 11.5 Å². The molecule has 0 bridgehead atoms. The molecule has 0 radical (unpaired) electrons. The number of carbonyl (C=O) groups excluding carboxylic acids is 1. The summed E-state index contributed by atoms with van der Waals surface area (Å²) in [7, 11) is 4.13. The van der Waals surface area contributed by atoms with Gasteiger partial charge in [0.1, 0.15) is 6.04 Å². The van der Waals surface area contributed by atoms with Crippen LogP contribution in [0.5, 0.6) is 11.5 Å². The van der Waals surface area contributed by atoms with Gasteiger partial charge >= 0.3 is 12.6 Å². The van der Waals surface area contributed by atoms with Crippen LogP contribution < -0.4 is 14.8 Å². The molecule has 0 aliphatic heterocycles. The molecular formula is C12H15F2NO4. The largest absolute Gasteiger partial charge is 0.493 e. The minimum absolute atomic E-state index is 0.140. The van der Waals surface area contributed by atoms with Crippen LogP contribution in [0.2, 0.25) is 0 Å².